The standard InChI is InChI=1S/C21H27ClN6O2/c1-14(2)12-26-8-10-27(11-9-26)20-23-18-17(19(29)24-21(30)25(18)3)28(20)13-15-4-6-16(22)7-5-15/h4-7,14H,8-13H2,1-3H3,(H,24,29,30). The van der Waals surface area contributed by atoms with Crippen molar-refractivity contribution < 1.29 is 0 Å². The highest BCUT2D eigenvalue weighted by Gasteiger charge is 2.25. The van der Waals surface area contributed by atoms with Crippen LogP contribution >= 0.6 is 11.6 Å². The number of aromatic nitrogens is 4. The fraction of sp³-hybridized carbons (Fsp3) is 0.476. The van der Waals surface area contributed by atoms with Crippen LogP contribution in [0.1, 0.15) is 19.4 Å². The molecular formula is C21H27ClN6O2. The molecule has 4 rings (SSSR count). The Labute approximate surface area is 179 Å². The van der Waals surface area contributed by atoms with Gasteiger partial charge in [0.2, 0.25) is 5.95 Å². The summed E-state index contributed by atoms with van der Waals surface area (Å²) >= 11 is 6.03. The Morgan fingerprint density at radius 1 is 1.10 bits per heavy atom. The van der Waals surface area contributed by atoms with E-state index in [0.29, 0.717) is 28.6 Å². The Balaban J connectivity index is 1.76. The molecule has 1 aliphatic rings. The molecule has 1 fully saturated rings. The number of H-pyrrole nitrogens is 1. The van der Waals surface area contributed by atoms with Gasteiger partial charge in [0.15, 0.2) is 11.2 Å². The van der Waals surface area contributed by atoms with Crippen LogP contribution in [0.4, 0.5) is 5.95 Å². The fourth-order valence-corrected chi connectivity index (χ4v) is 4.16. The summed E-state index contributed by atoms with van der Waals surface area (Å²) in [5, 5.41) is 0.663. The molecule has 0 spiro atoms. The van der Waals surface area contributed by atoms with Gasteiger partial charge >= 0.3 is 5.69 Å². The monoisotopic (exact) mass is 430 g/mol. The summed E-state index contributed by atoms with van der Waals surface area (Å²) in [5.74, 6) is 1.34. The third-order valence-electron chi connectivity index (χ3n) is 5.52. The van der Waals surface area contributed by atoms with Crippen LogP contribution < -0.4 is 16.1 Å². The molecule has 1 aromatic carbocycles. The van der Waals surface area contributed by atoms with E-state index >= 15 is 0 Å². The summed E-state index contributed by atoms with van der Waals surface area (Å²) in [6.07, 6.45) is 0. The molecule has 0 saturated carbocycles. The van der Waals surface area contributed by atoms with E-state index in [1.165, 1.54) is 4.57 Å². The van der Waals surface area contributed by atoms with Crippen LogP contribution in [0.15, 0.2) is 33.9 Å². The van der Waals surface area contributed by atoms with Crippen LogP contribution in [0.5, 0.6) is 0 Å². The lowest BCUT2D eigenvalue weighted by molar-refractivity contribution is 0.230. The first kappa shape index (κ1) is 20.7. The van der Waals surface area contributed by atoms with Gasteiger partial charge in [0.1, 0.15) is 0 Å². The number of anilines is 1. The van der Waals surface area contributed by atoms with Crippen molar-refractivity contribution in [1.29, 1.82) is 0 Å². The molecule has 0 radical (unpaired) electrons. The summed E-state index contributed by atoms with van der Waals surface area (Å²) in [6.45, 7) is 9.52. The molecule has 0 bridgehead atoms. The maximum absolute atomic E-state index is 12.7. The second-order valence-electron chi connectivity index (χ2n) is 8.30. The van der Waals surface area contributed by atoms with Crippen molar-refractivity contribution in [2.75, 3.05) is 37.6 Å². The number of aromatic amines is 1. The molecule has 8 nitrogen and oxygen atoms in total. The first-order valence-corrected chi connectivity index (χ1v) is 10.6. The van der Waals surface area contributed by atoms with Crippen molar-refractivity contribution in [2.24, 2.45) is 13.0 Å². The van der Waals surface area contributed by atoms with Crippen LogP contribution in [0, 0.1) is 5.92 Å². The van der Waals surface area contributed by atoms with Gasteiger partial charge in [-0.3, -0.25) is 23.8 Å². The number of hydrogen-bond donors (Lipinski definition) is 1. The highest BCUT2D eigenvalue weighted by molar-refractivity contribution is 6.30. The van der Waals surface area contributed by atoms with Crippen molar-refractivity contribution in [2.45, 2.75) is 20.4 Å². The minimum Gasteiger partial charge on any atom is -0.340 e. The number of rotatable bonds is 5. The van der Waals surface area contributed by atoms with E-state index in [1.807, 2.05) is 28.8 Å². The van der Waals surface area contributed by atoms with E-state index < -0.39 is 11.2 Å². The fourth-order valence-electron chi connectivity index (χ4n) is 4.03. The number of imidazole rings is 1. The number of halogens is 1. The van der Waals surface area contributed by atoms with Gasteiger partial charge in [0, 0.05) is 44.8 Å². The Hall–Kier alpha value is -2.58. The molecule has 1 saturated heterocycles. The lowest BCUT2D eigenvalue weighted by atomic mass is 10.2. The van der Waals surface area contributed by atoms with Gasteiger partial charge in [-0.1, -0.05) is 37.6 Å². The van der Waals surface area contributed by atoms with E-state index in [0.717, 1.165) is 44.2 Å². The largest absolute Gasteiger partial charge is 0.340 e. The smallest absolute Gasteiger partial charge is 0.329 e. The van der Waals surface area contributed by atoms with Gasteiger partial charge in [-0.25, -0.2) is 4.79 Å². The quantitative estimate of drug-likeness (QED) is 0.668. The van der Waals surface area contributed by atoms with Crippen molar-refractivity contribution in [1.82, 2.24) is 24.0 Å². The summed E-state index contributed by atoms with van der Waals surface area (Å²) in [5.41, 5.74) is 0.937. The Kier molecular flexibility index (Phi) is 5.71. The highest BCUT2D eigenvalue weighted by Crippen LogP contribution is 2.23. The molecule has 3 aromatic rings. The highest BCUT2D eigenvalue weighted by atomic mass is 35.5. The maximum atomic E-state index is 12.7. The first-order valence-electron chi connectivity index (χ1n) is 10.2. The minimum atomic E-state index is -0.461. The predicted octanol–water partition coefficient (Wildman–Crippen LogP) is 1.90. The van der Waals surface area contributed by atoms with Crippen molar-refractivity contribution >= 4 is 28.7 Å². The van der Waals surface area contributed by atoms with E-state index in [4.69, 9.17) is 16.6 Å². The molecule has 3 heterocycles. The Bertz CT molecular complexity index is 1150. The third kappa shape index (κ3) is 4.02. The normalized spacial score (nSPS) is 15.4. The number of nitrogens with zero attached hydrogens (tertiary/aromatic N) is 5. The van der Waals surface area contributed by atoms with Crippen molar-refractivity contribution in [3.63, 3.8) is 0 Å². The van der Waals surface area contributed by atoms with E-state index in [1.54, 1.807) is 7.05 Å². The van der Waals surface area contributed by atoms with Gasteiger partial charge in [0.25, 0.3) is 5.56 Å². The Morgan fingerprint density at radius 3 is 2.40 bits per heavy atom. The van der Waals surface area contributed by atoms with Crippen LogP contribution in [0.2, 0.25) is 5.02 Å². The van der Waals surface area contributed by atoms with Gasteiger partial charge in [-0.15, -0.1) is 0 Å². The molecule has 1 N–H and O–H groups in total. The molecule has 2 aromatic heterocycles. The predicted molar refractivity (Wildman–Crippen MR) is 120 cm³/mol. The molecule has 0 unspecified atom stereocenters. The van der Waals surface area contributed by atoms with Crippen LogP contribution in [0.25, 0.3) is 11.2 Å². The van der Waals surface area contributed by atoms with Gasteiger partial charge in [0.05, 0.1) is 6.54 Å². The van der Waals surface area contributed by atoms with Gasteiger partial charge in [-0.05, 0) is 23.6 Å². The van der Waals surface area contributed by atoms with E-state index in [-0.39, 0.29) is 0 Å². The number of nitrogens with one attached hydrogen (secondary N) is 1. The summed E-state index contributed by atoms with van der Waals surface area (Å²) in [4.78, 5) is 36.6. The maximum Gasteiger partial charge on any atom is 0.329 e. The molecule has 160 valence electrons. The summed E-state index contributed by atoms with van der Waals surface area (Å²) in [7, 11) is 1.63. The average molecular weight is 431 g/mol. The van der Waals surface area contributed by atoms with Crippen molar-refractivity contribution in [3.8, 4) is 0 Å². The molecule has 0 amide bonds. The molecule has 30 heavy (non-hydrogen) atoms. The zero-order valence-electron chi connectivity index (χ0n) is 17.6. The second-order valence-corrected chi connectivity index (χ2v) is 8.73. The van der Waals surface area contributed by atoms with E-state index in [2.05, 4.69) is 28.6 Å². The number of fused-ring (bicyclic) bond motifs is 1. The lowest BCUT2D eigenvalue weighted by Crippen LogP contribution is -2.48. The lowest BCUT2D eigenvalue weighted by Gasteiger charge is -2.36. The van der Waals surface area contributed by atoms with Crippen LogP contribution in [-0.4, -0.2) is 56.7 Å². The molecule has 0 atom stereocenters. The van der Waals surface area contributed by atoms with Gasteiger partial charge < -0.3 is 4.90 Å². The van der Waals surface area contributed by atoms with E-state index in [9.17, 15) is 9.59 Å². The number of piperazine rings is 1. The number of benzene rings is 1. The topological polar surface area (TPSA) is 79.2 Å². The summed E-state index contributed by atoms with van der Waals surface area (Å²) in [6, 6.07) is 7.55. The molecular weight excluding hydrogens is 404 g/mol. The summed E-state index contributed by atoms with van der Waals surface area (Å²) < 4.78 is 3.31. The van der Waals surface area contributed by atoms with Gasteiger partial charge in [-0.2, -0.15) is 4.98 Å². The third-order valence-corrected chi connectivity index (χ3v) is 5.77. The number of aryl methyl sites for hydroxylation is 1. The van der Waals surface area contributed by atoms with Crippen molar-refractivity contribution in [3.05, 3.63) is 55.7 Å². The minimum absolute atomic E-state index is 0.400. The molecule has 0 aliphatic carbocycles. The number of hydrogen-bond acceptors (Lipinski definition) is 5. The van der Waals surface area contributed by atoms with Crippen LogP contribution in [0.3, 0.4) is 0 Å². The second kappa shape index (κ2) is 8.28. The first-order chi connectivity index (χ1) is 14.3. The average Bonchev–Trinajstić information content (AvgIpc) is 3.08. The molecule has 1 aliphatic heterocycles. The SMILES string of the molecule is CC(C)CN1CCN(c2nc3c(c(=O)[nH]c(=O)n3C)n2Cc2ccc(Cl)cc2)CC1. The Morgan fingerprint density at radius 2 is 1.77 bits per heavy atom. The zero-order valence-corrected chi connectivity index (χ0v) is 18.3. The van der Waals surface area contributed by atoms with Crippen LogP contribution in [-0.2, 0) is 13.6 Å². The zero-order chi connectivity index (χ0) is 21.4. The molecule has 9 heteroatoms.